The summed E-state index contributed by atoms with van der Waals surface area (Å²) >= 11 is 3.35. The number of nitrogens with one attached hydrogen (secondary N) is 2. The quantitative estimate of drug-likeness (QED) is 0.0538. The number of esters is 1. The van der Waals surface area contributed by atoms with E-state index in [1.807, 2.05) is 0 Å². The molecular formula is C31H23BrN4O7. The van der Waals surface area contributed by atoms with Gasteiger partial charge in [-0.15, -0.1) is 0 Å². The van der Waals surface area contributed by atoms with E-state index >= 15 is 0 Å². The number of rotatable bonds is 10. The van der Waals surface area contributed by atoms with E-state index in [0.717, 1.165) is 6.08 Å². The molecule has 43 heavy (non-hydrogen) atoms. The van der Waals surface area contributed by atoms with Gasteiger partial charge in [0.15, 0.2) is 0 Å². The lowest BCUT2D eigenvalue weighted by atomic mass is 10.1. The molecule has 0 saturated carbocycles. The number of carbonyl (C=O) groups excluding carboxylic acids is 3. The van der Waals surface area contributed by atoms with Crippen molar-refractivity contribution in [2.24, 2.45) is 5.10 Å². The first-order chi connectivity index (χ1) is 20.7. The van der Waals surface area contributed by atoms with Crippen molar-refractivity contribution < 1.29 is 28.8 Å². The van der Waals surface area contributed by atoms with Crippen LogP contribution in [0.3, 0.4) is 0 Å². The number of nitro groups is 1. The Bertz CT molecular complexity index is 1740. The zero-order chi connectivity index (χ0) is 30.8. The normalized spacial score (nSPS) is 10.8. The van der Waals surface area contributed by atoms with E-state index < -0.39 is 16.8 Å². The van der Waals surface area contributed by atoms with Crippen molar-refractivity contribution in [1.82, 2.24) is 5.43 Å². The second-order valence-corrected chi connectivity index (χ2v) is 9.67. The van der Waals surface area contributed by atoms with Gasteiger partial charge in [0, 0.05) is 45.1 Å². The van der Waals surface area contributed by atoms with E-state index in [-0.39, 0.29) is 22.9 Å². The predicted molar refractivity (Wildman–Crippen MR) is 164 cm³/mol. The number of hydrogen-bond donors (Lipinski definition) is 2. The number of anilines is 1. The van der Waals surface area contributed by atoms with Crippen LogP contribution in [0.1, 0.15) is 31.8 Å². The largest absolute Gasteiger partial charge is 0.497 e. The molecule has 0 aromatic heterocycles. The summed E-state index contributed by atoms with van der Waals surface area (Å²) in [6, 6.07) is 23.6. The topological polar surface area (TPSA) is 149 Å². The summed E-state index contributed by atoms with van der Waals surface area (Å²) in [5.74, 6) is -0.821. The maximum Gasteiger partial charge on any atom is 0.336 e. The van der Waals surface area contributed by atoms with Gasteiger partial charge in [-0.1, -0.05) is 34.1 Å². The lowest BCUT2D eigenvalue weighted by Gasteiger charge is -2.08. The van der Waals surface area contributed by atoms with Gasteiger partial charge in [0.05, 0.1) is 18.2 Å². The minimum Gasteiger partial charge on any atom is -0.497 e. The van der Waals surface area contributed by atoms with Crippen LogP contribution in [0.5, 0.6) is 11.5 Å². The van der Waals surface area contributed by atoms with Crippen molar-refractivity contribution >= 4 is 57.4 Å². The first-order valence-corrected chi connectivity index (χ1v) is 13.3. The molecule has 0 unspecified atom stereocenters. The fourth-order valence-corrected chi connectivity index (χ4v) is 4.05. The number of amides is 2. The summed E-state index contributed by atoms with van der Waals surface area (Å²) in [6.45, 7) is 0. The summed E-state index contributed by atoms with van der Waals surface area (Å²) in [6.07, 6.45) is 3.85. The fourth-order valence-electron chi connectivity index (χ4n) is 3.67. The molecule has 4 rings (SSSR count). The molecule has 0 fully saturated rings. The summed E-state index contributed by atoms with van der Waals surface area (Å²) in [4.78, 5) is 48.2. The lowest BCUT2D eigenvalue weighted by Crippen LogP contribution is -2.18. The van der Waals surface area contributed by atoms with Crippen LogP contribution in [0.15, 0.2) is 107 Å². The van der Waals surface area contributed by atoms with Gasteiger partial charge in [-0.2, -0.15) is 5.10 Å². The number of ether oxygens (including phenoxy) is 2. The van der Waals surface area contributed by atoms with E-state index in [1.54, 1.807) is 66.7 Å². The molecule has 0 spiro atoms. The van der Waals surface area contributed by atoms with Gasteiger partial charge < -0.3 is 14.8 Å². The predicted octanol–water partition coefficient (Wildman–Crippen LogP) is 6.00. The molecule has 11 nitrogen and oxygen atoms in total. The number of hydrogen-bond acceptors (Lipinski definition) is 8. The maximum atomic E-state index is 12.7. The molecule has 0 heterocycles. The zero-order valence-corrected chi connectivity index (χ0v) is 24.1. The van der Waals surface area contributed by atoms with Crippen LogP contribution >= 0.6 is 15.9 Å². The summed E-state index contributed by atoms with van der Waals surface area (Å²) < 4.78 is 11.2. The average Bonchev–Trinajstić information content (AvgIpc) is 3.01. The SMILES string of the molecule is COc1ccc(C(=O)Nc2cccc(C(=O)NN=Cc3cc(Br)ccc3OC(=O)/C=C/c3cccc([N+](=O)[O-])c3)c2)cc1. The molecule has 0 bridgehead atoms. The van der Waals surface area contributed by atoms with Gasteiger partial charge >= 0.3 is 5.97 Å². The molecule has 2 N–H and O–H groups in total. The van der Waals surface area contributed by atoms with Crippen molar-refractivity contribution in [3.8, 4) is 11.5 Å². The third-order valence-electron chi connectivity index (χ3n) is 5.78. The molecule has 216 valence electrons. The smallest absolute Gasteiger partial charge is 0.336 e. The first-order valence-electron chi connectivity index (χ1n) is 12.5. The van der Waals surface area contributed by atoms with Crippen LogP contribution in [0, 0.1) is 10.1 Å². The van der Waals surface area contributed by atoms with Crippen LogP contribution in [-0.4, -0.2) is 36.0 Å². The molecule has 4 aromatic rings. The van der Waals surface area contributed by atoms with Crippen molar-refractivity contribution in [3.05, 3.63) is 134 Å². The van der Waals surface area contributed by atoms with Crippen LogP contribution in [0.4, 0.5) is 11.4 Å². The Hall–Kier alpha value is -5.62. The molecule has 0 atom stereocenters. The highest BCUT2D eigenvalue weighted by molar-refractivity contribution is 9.10. The lowest BCUT2D eigenvalue weighted by molar-refractivity contribution is -0.384. The van der Waals surface area contributed by atoms with Crippen molar-refractivity contribution in [1.29, 1.82) is 0 Å². The molecule has 0 aliphatic rings. The molecule has 0 aliphatic heterocycles. The Morgan fingerprint density at radius 3 is 2.42 bits per heavy atom. The van der Waals surface area contributed by atoms with Crippen molar-refractivity contribution in [3.63, 3.8) is 0 Å². The van der Waals surface area contributed by atoms with Crippen molar-refractivity contribution in [2.45, 2.75) is 0 Å². The first kappa shape index (κ1) is 30.3. The standard InChI is InChI=1S/C31H23BrN4O7/c1-42-27-12-9-21(10-13-27)30(38)34-25-6-3-5-22(18-25)31(39)35-33-19-23-17-24(32)11-14-28(23)43-29(37)15-8-20-4-2-7-26(16-20)36(40)41/h2-19H,1H3,(H,34,38)(H,35,39)/b15-8+,33-19?. The molecule has 4 aromatic carbocycles. The Morgan fingerprint density at radius 2 is 1.67 bits per heavy atom. The number of methoxy groups -OCH3 is 1. The summed E-state index contributed by atoms with van der Waals surface area (Å²) in [7, 11) is 1.54. The van der Waals surface area contributed by atoms with Crippen molar-refractivity contribution in [2.75, 3.05) is 12.4 Å². The number of nitrogens with zero attached hydrogens (tertiary/aromatic N) is 2. The highest BCUT2D eigenvalue weighted by atomic mass is 79.9. The fraction of sp³-hybridized carbons (Fsp3) is 0.0323. The third kappa shape index (κ3) is 8.68. The van der Waals surface area contributed by atoms with Crippen LogP contribution in [0.25, 0.3) is 6.08 Å². The van der Waals surface area contributed by atoms with E-state index in [4.69, 9.17) is 9.47 Å². The highest BCUT2D eigenvalue weighted by Crippen LogP contribution is 2.23. The highest BCUT2D eigenvalue weighted by Gasteiger charge is 2.11. The molecule has 2 amide bonds. The number of non-ortho nitro benzene ring substituents is 1. The van der Waals surface area contributed by atoms with E-state index in [9.17, 15) is 24.5 Å². The van der Waals surface area contributed by atoms with Gasteiger partial charge in [-0.25, -0.2) is 10.2 Å². The number of halogens is 1. The summed E-state index contributed by atoms with van der Waals surface area (Å²) in [5.41, 5.74) is 4.23. The van der Waals surface area contributed by atoms with Gasteiger partial charge in [0.1, 0.15) is 11.5 Å². The molecule has 0 aliphatic carbocycles. The van der Waals surface area contributed by atoms with Gasteiger partial charge in [0.25, 0.3) is 17.5 Å². The van der Waals surface area contributed by atoms with E-state index in [2.05, 4.69) is 31.8 Å². The molecule has 0 saturated heterocycles. The molecule has 12 heteroatoms. The number of nitro benzene ring substituents is 1. The van der Waals surface area contributed by atoms with Crippen LogP contribution in [0.2, 0.25) is 0 Å². The van der Waals surface area contributed by atoms with Crippen LogP contribution in [-0.2, 0) is 4.79 Å². The van der Waals surface area contributed by atoms with E-state index in [1.165, 1.54) is 43.7 Å². The van der Waals surface area contributed by atoms with Gasteiger partial charge in [0.2, 0.25) is 0 Å². The Kier molecular flexibility index (Phi) is 10.1. The second kappa shape index (κ2) is 14.3. The van der Waals surface area contributed by atoms with Crippen LogP contribution < -0.4 is 20.2 Å². The molecular weight excluding hydrogens is 620 g/mol. The number of benzene rings is 4. The minimum absolute atomic E-state index is 0.103. The summed E-state index contributed by atoms with van der Waals surface area (Å²) in [5, 5.41) is 17.7. The number of hydrazone groups is 1. The Labute approximate surface area is 254 Å². The number of carbonyl (C=O) groups is 3. The third-order valence-corrected chi connectivity index (χ3v) is 6.27. The van der Waals surface area contributed by atoms with E-state index in [0.29, 0.717) is 32.6 Å². The van der Waals surface area contributed by atoms with Gasteiger partial charge in [-0.3, -0.25) is 19.7 Å². The molecule has 0 radical (unpaired) electrons. The van der Waals surface area contributed by atoms with Gasteiger partial charge in [-0.05, 0) is 72.3 Å². The Morgan fingerprint density at radius 1 is 0.907 bits per heavy atom. The minimum atomic E-state index is -0.721. The maximum absolute atomic E-state index is 12.7. The zero-order valence-electron chi connectivity index (χ0n) is 22.5. The Balaban J connectivity index is 1.39. The second-order valence-electron chi connectivity index (χ2n) is 8.75. The monoisotopic (exact) mass is 642 g/mol. The average molecular weight is 643 g/mol.